The molecule has 5 heteroatoms. The van der Waals surface area contributed by atoms with Gasteiger partial charge in [-0.1, -0.05) is 18.2 Å². The Labute approximate surface area is 83.9 Å². The number of para-hydroxylation sites is 1. The van der Waals surface area contributed by atoms with Crippen LogP contribution in [0, 0.1) is 0 Å². The fourth-order valence-corrected chi connectivity index (χ4v) is 1.30. The summed E-state index contributed by atoms with van der Waals surface area (Å²) in [6.07, 6.45) is 0. The van der Waals surface area contributed by atoms with Crippen LogP contribution < -0.4 is 5.55 Å². The van der Waals surface area contributed by atoms with E-state index in [9.17, 15) is 4.79 Å². The third kappa shape index (κ3) is 1.54. The minimum absolute atomic E-state index is 0.170. The van der Waals surface area contributed by atoms with Crippen LogP contribution in [-0.2, 0) is 0 Å². The Bertz CT molecular complexity index is 585. The van der Waals surface area contributed by atoms with Crippen molar-refractivity contribution in [3.05, 3.63) is 41.4 Å². The van der Waals surface area contributed by atoms with Gasteiger partial charge >= 0.3 is 5.97 Å². The van der Waals surface area contributed by atoms with Gasteiger partial charge in [0.05, 0.1) is 0 Å². The first kappa shape index (κ1) is 9.26. The maximum atomic E-state index is 10.8. The van der Waals surface area contributed by atoms with E-state index in [0.29, 0.717) is 11.0 Å². The average Bonchev–Trinajstić information content (AvgIpc) is 2.27. The largest absolute Gasteiger partial charge is 0.477 e. The van der Waals surface area contributed by atoms with Crippen molar-refractivity contribution < 1.29 is 19.5 Å². The first-order chi connectivity index (χ1) is 7.22. The van der Waals surface area contributed by atoms with Gasteiger partial charge in [-0.15, -0.1) is 0 Å². The molecule has 0 aliphatic carbocycles. The van der Waals surface area contributed by atoms with Gasteiger partial charge in [-0.2, -0.15) is 0 Å². The zero-order valence-electron chi connectivity index (χ0n) is 7.54. The molecule has 0 unspecified atom stereocenters. The van der Waals surface area contributed by atoms with E-state index in [1.807, 2.05) is 0 Å². The average molecular weight is 205 g/mol. The lowest BCUT2D eigenvalue weighted by atomic mass is 10.2. The van der Waals surface area contributed by atoms with Crippen molar-refractivity contribution in [3.63, 3.8) is 0 Å². The van der Waals surface area contributed by atoms with Crippen molar-refractivity contribution in [2.45, 2.75) is 0 Å². The van der Waals surface area contributed by atoms with Gasteiger partial charge in [0, 0.05) is 5.39 Å². The molecule has 0 saturated carbocycles. The summed E-state index contributed by atoms with van der Waals surface area (Å²) in [5.74, 6) is -1.20. The Morgan fingerprint density at radius 3 is 2.73 bits per heavy atom. The van der Waals surface area contributed by atoms with Crippen molar-refractivity contribution >= 4 is 16.9 Å². The van der Waals surface area contributed by atoms with E-state index in [0.717, 1.165) is 0 Å². The fraction of sp³-hybridized carbons (Fsp3) is 0. The normalized spacial score (nSPS) is 11.9. The number of aromatic carboxylic acids is 1. The van der Waals surface area contributed by atoms with Crippen molar-refractivity contribution in [2.75, 3.05) is 0 Å². The molecular weight excluding hydrogens is 198 g/mol. The Balaban J connectivity index is 2.87. The van der Waals surface area contributed by atoms with Crippen LogP contribution in [0.1, 0.15) is 10.4 Å². The zero-order valence-corrected chi connectivity index (χ0v) is 7.54. The summed E-state index contributed by atoms with van der Waals surface area (Å²) in [6.45, 7) is 0. The number of carboxylic acids is 1. The topological polar surface area (TPSA) is 83.0 Å². The number of carboxylic acid groups (broad SMARTS) is 1. The number of rotatable bonds is 1. The summed E-state index contributed by atoms with van der Waals surface area (Å²) >= 11 is 0. The molecule has 15 heavy (non-hydrogen) atoms. The van der Waals surface area contributed by atoms with Crippen LogP contribution in [0.3, 0.4) is 0 Å². The molecule has 0 fully saturated rings. The molecule has 2 aromatic rings. The maximum Gasteiger partial charge on any atom is 0.341 e. The van der Waals surface area contributed by atoms with Crippen molar-refractivity contribution in [1.82, 2.24) is 0 Å². The van der Waals surface area contributed by atoms with Gasteiger partial charge in [0.25, 0.3) is 5.55 Å². The van der Waals surface area contributed by atoms with Gasteiger partial charge in [-0.3, -0.25) is 0 Å². The van der Waals surface area contributed by atoms with E-state index in [1.165, 1.54) is 6.07 Å². The van der Waals surface area contributed by atoms with Gasteiger partial charge in [-0.05, 0) is 17.3 Å². The molecule has 0 saturated heterocycles. The number of fused-ring (bicyclic) bond motifs is 1. The van der Waals surface area contributed by atoms with E-state index < -0.39 is 5.97 Å². The molecule has 0 radical (unpaired) electrons. The van der Waals surface area contributed by atoms with Gasteiger partial charge in [0.15, 0.2) is 0 Å². The molecule has 0 atom stereocenters. The molecule has 5 nitrogen and oxygen atoms in total. The molecule has 0 bridgehead atoms. The highest BCUT2D eigenvalue weighted by Crippen LogP contribution is 2.12. The second-order valence-electron chi connectivity index (χ2n) is 2.91. The van der Waals surface area contributed by atoms with Crippen molar-refractivity contribution in [1.29, 1.82) is 0 Å². The Hall–Kier alpha value is -2.30. The molecule has 2 rings (SSSR count). The summed E-state index contributed by atoms with van der Waals surface area (Å²) in [7, 11) is 0. The SMILES string of the molecule is O=C(O)c1cc2ccccc2oc1=NO. The van der Waals surface area contributed by atoms with E-state index in [4.69, 9.17) is 14.7 Å². The van der Waals surface area contributed by atoms with Crippen molar-refractivity contribution in [2.24, 2.45) is 5.16 Å². The highest BCUT2D eigenvalue weighted by molar-refractivity contribution is 5.91. The lowest BCUT2D eigenvalue weighted by Crippen LogP contribution is -2.14. The lowest BCUT2D eigenvalue weighted by molar-refractivity contribution is 0.0689. The Morgan fingerprint density at radius 2 is 2.07 bits per heavy atom. The smallest absolute Gasteiger partial charge is 0.341 e. The minimum Gasteiger partial charge on any atom is -0.477 e. The molecule has 0 aliphatic rings. The van der Waals surface area contributed by atoms with E-state index in [2.05, 4.69) is 5.16 Å². The van der Waals surface area contributed by atoms with Crippen LogP contribution in [-0.4, -0.2) is 16.3 Å². The first-order valence-corrected chi connectivity index (χ1v) is 4.16. The highest BCUT2D eigenvalue weighted by atomic mass is 16.5. The summed E-state index contributed by atoms with van der Waals surface area (Å²) in [6, 6.07) is 8.28. The molecule has 0 spiro atoms. The fourth-order valence-electron chi connectivity index (χ4n) is 1.30. The van der Waals surface area contributed by atoms with Crippen LogP contribution in [0.25, 0.3) is 11.0 Å². The minimum atomic E-state index is -1.20. The molecule has 0 amide bonds. The number of carbonyl (C=O) groups is 1. The molecule has 2 N–H and O–H groups in total. The molecular formula is C10H7NO4. The van der Waals surface area contributed by atoms with Crippen LogP contribution in [0.4, 0.5) is 0 Å². The third-order valence-corrected chi connectivity index (χ3v) is 1.98. The first-order valence-electron chi connectivity index (χ1n) is 4.16. The Kier molecular flexibility index (Phi) is 2.13. The molecule has 76 valence electrons. The van der Waals surface area contributed by atoms with Crippen LogP contribution in [0.5, 0.6) is 0 Å². The molecule has 1 heterocycles. The van der Waals surface area contributed by atoms with Crippen LogP contribution in [0.2, 0.25) is 0 Å². The maximum absolute atomic E-state index is 10.8. The monoisotopic (exact) mass is 205 g/mol. The molecule has 1 aromatic heterocycles. The Morgan fingerprint density at radius 1 is 1.33 bits per heavy atom. The van der Waals surface area contributed by atoms with Crippen molar-refractivity contribution in [3.8, 4) is 0 Å². The van der Waals surface area contributed by atoms with Gasteiger partial charge in [-0.25, -0.2) is 4.79 Å². The second-order valence-corrected chi connectivity index (χ2v) is 2.91. The van der Waals surface area contributed by atoms with Gasteiger partial charge < -0.3 is 14.7 Å². The van der Waals surface area contributed by atoms with E-state index in [1.54, 1.807) is 24.3 Å². The lowest BCUT2D eigenvalue weighted by Gasteiger charge is -1.98. The number of hydrogen-bond acceptors (Lipinski definition) is 4. The van der Waals surface area contributed by atoms with Crippen LogP contribution in [0.15, 0.2) is 39.9 Å². The van der Waals surface area contributed by atoms with E-state index >= 15 is 0 Å². The number of hydrogen-bond donors (Lipinski definition) is 2. The zero-order chi connectivity index (χ0) is 10.8. The van der Waals surface area contributed by atoms with Gasteiger partial charge in [0.1, 0.15) is 11.1 Å². The molecule has 1 aromatic carbocycles. The summed E-state index contributed by atoms with van der Waals surface area (Å²) in [5.41, 5.74) is -0.00676. The standard InChI is InChI=1S/C10H7NO4/c12-10(13)7-5-6-3-1-2-4-8(6)15-9(7)11-14/h1-5,14H,(H,12,13). The number of benzene rings is 1. The van der Waals surface area contributed by atoms with Gasteiger partial charge in [0.2, 0.25) is 0 Å². The summed E-state index contributed by atoms with van der Waals surface area (Å²) in [4.78, 5) is 10.8. The number of nitrogens with zero attached hydrogens (tertiary/aromatic N) is 1. The summed E-state index contributed by atoms with van der Waals surface area (Å²) in [5, 5.41) is 20.9. The summed E-state index contributed by atoms with van der Waals surface area (Å²) < 4.78 is 5.11. The second kappa shape index (κ2) is 3.45. The third-order valence-electron chi connectivity index (χ3n) is 1.98. The van der Waals surface area contributed by atoms with E-state index in [-0.39, 0.29) is 11.1 Å². The predicted molar refractivity (Wildman–Crippen MR) is 50.5 cm³/mol. The van der Waals surface area contributed by atoms with Crippen LogP contribution >= 0.6 is 0 Å². The highest BCUT2D eigenvalue weighted by Gasteiger charge is 2.10. The predicted octanol–water partition coefficient (Wildman–Crippen LogP) is 1.42. The molecule has 0 aliphatic heterocycles. The quantitative estimate of drug-likeness (QED) is 0.544.